The lowest BCUT2D eigenvalue weighted by Crippen LogP contribution is -2.11. The number of hydrogen-bond donors (Lipinski definition) is 2. The molecule has 0 atom stereocenters. The van der Waals surface area contributed by atoms with E-state index in [1.807, 2.05) is 25.1 Å². The lowest BCUT2D eigenvalue weighted by atomic mass is 10.2. The zero-order valence-corrected chi connectivity index (χ0v) is 11.9. The molecule has 5 heteroatoms. The number of hydrogen-bond acceptors (Lipinski definition) is 3. The SMILES string of the molecule is Cc1ccc(Oc2ccc(C(N)=O)cc2N)c(Br)c1. The molecule has 0 unspecified atom stereocenters. The van der Waals surface area contributed by atoms with Gasteiger partial charge in [0.2, 0.25) is 5.91 Å². The van der Waals surface area contributed by atoms with E-state index in [2.05, 4.69) is 15.9 Å². The number of carbonyl (C=O) groups is 1. The van der Waals surface area contributed by atoms with Gasteiger partial charge in [-0.2, -0.15) is 0 Å². The molecule has 2 aromatic rings. The third-order valence-corrected chi connectivity index (χ3v) is 3.22. The van der Waals surface area contributed by atoms with Crippen LogP contribution in [0.25, 0.3) is 0 Å². The fraction of sp³-hybridized carbons (Fsp3) is 0.0714. The summed E-state index contributed by atoms with van der Waals surface area (Å²) in [7, 11) is 0. The van der Waals surface area contributed by atoms with Gasteiger partial charge in [0.05, 0.1) is 10.2 Å². The molecule has 0 aliphatic heterocycles. The number of halogens is 1. The number of anilines is 1. The summed E-state index contributed by atoms with van der Waals surface area (Å²) in [5.74, 6) is 0.619. The van der Waals surface area contributed by atoms with Crippen molar-refractivity contribution in [2.45, 2.75) is 6.92 Å². The number of ether oxygens (including phenoxy) is 1. The number of primary amides is 1. The number of aryl methyl sites for hydroxylation is 1. The van der Waals surface area contributed by atoms with Crippen molar-refractivity contribution in [1.29, 1.82) is 0 Å². The molecule has 0 aliphatic rings. The zero-order chi connectivity index (χ0) is 14.0. The highest BCUT2D eigenvalue weighted by molar-refractivity contribution is 9.10. The highest BCUT2D eigenvalue weighted by Crippen LogP contribution is 2.33. The third-order valence-electron chi connectivity index (χ3n) is 2.60. The van der Waals surface area contributed by atoms with E-state index >= 15 is 0 Å². The Bertz CT molecular complexity index is 641. The number of nitrogens with two attached hydrogens (primary N) is 2. The fourth-order valence-corrected chi connectivity index (χ4v) is 2.18. The molecule has 98 valence electrons. The summed E-state index contributed by atoms with van der Waals surface area (Å²) >= 11 is 3.43. The monoisotopic (exact) mass is 320 g/mol. The summed E-state index contributed by atoms with van der Waals surface area (Å²) in [6.45, 7) is 1.99. The Hall–Kier alpha value is -2.01. The highest BCUT2D eigenvalue weighted by atomic mass is 79.9. The average Bonchev–Trinajstić information content (AvgIpc) is 2.34. The van der Waals surface area contributed by atoms with Gasteiger partial charge < -0.3 is 16.2 Å². The maximum atomic E-state index is 11.0. The normalized spacial score (nSPS) is 10.2. The lowest BCUT2D eigenvalue weighted by Gasteiger charge is -2.11. The summed E-state index contributed by atoms with van der Waals surface area (Å²) < 4.78 is 6.54. The molecule has 1 amide bonds. The molecule has 19 heavy (non-hydrogen) atoms. The lowest BCUT2D eigenvalue weighted by molar-refractivity contribution is 0.100. The minimum atomic E-state index is -0.519. The molecule has 0 radical (unpaired) electrons. The molecule has 0 bridgehead atoms. The predicted octanol–water partition coefficient (Wildman–Crippen LogP) is 3.23. The van der Waals surface area contributed by atoms with Crippen molar-refractivity contribution in [3.05, 3.63) is 52.0 Å². The molecule has 4 N–H and O–H groups in total. The van der Waals surface area contributed by atoms with Crippen LogP contribution in [0.2, 0.25) is 0 Å². The molecule has 0 aromatic heterocycles. The van der Waals surface area contributed by atoms with Crippen molar-refractivity contribution in [3.8, 4) is 11.5 Å². The largest absolute Gasteiger partial charge is 0.454 e. The Morgan fingerprint density at radius 3 is 2.42 bits per heavy atom. The van der Waals surface area contributed by atoms with Gasteiger partial charge in [0, 0.05) is 5.56 Å². The van der Waals surface area contributed by atoms with Crippen LogP contribution in [-0.4, -0.2) is 5.91 Å². The van der Waals surface area contributed by atoms with Gasteiger partial charge in [0.15, 0.2) is 0 Å². The molecule has 0 spiro atoms. The molecular weight excluding hydrogens is 308 g/mol. The number of nitrogen functional groups attached to an aromatic ring is 1. The van der Waals surface area contributed by atoms with Crippen LogP contribution in [0.15, 0.2) is 40.9 Å². The summed E-state index contributed by atoms with van der Waals surface area (Å²) in [5.41, 5.74) is 12.9. The Morgan fingerprint density at radius 2 is 1.84 bits per heavy atom. The second-order valence-electron chi connectivity index (χ2n) is 4.15. The minimum absolute atomic E-state index is 0.354. The first-order valence-electron chi connectivity index (χ1n) is 5.60. The van der Waals surface area contributed by atoms with Crippen molar-refractivity contribution >= 4 is 27.5 Å². The van der Waals surface area contributed by atoms with E-state index in [0.29, 0.717) is 22.7 Å². The van der Waals surface area contributed by atoms with E-state index in [9.17, 15) is 4.79 Å². The maximum absolute atomic E-state index is 11.0. The van der Waals surface area contributed by atoms with E-state index in [4.69, 9.17) is 16.2 Å². The van der Waals surface area contributed by atoms with Crippen molar-refractivity contribution in [1.82, 2.24) is 0 Å². The quantitative estimate of drug-likeness (QED) is 0.852. The van der Waals surface area contributed by atoms with Crippen LogP contribution < -0.4 is 16.2 Å². The Kier molecular flexibility index (Phi) is 3.76. The van der Waals surface area contributed by atoms with Crippen LogP contribution in [0.1, 0.15) is 15.9 Å². The van der Waals surface area contributed by atoms with Crippen molar-refractivity contribution in [2.75, 3.05) is 5.73 Å². The van der Waals surface area contributed by atoms with Crippen molar-refractivity contribution < 1.29 is 9.53 Å². The number of rotatable bonds is 3. The number of amides is 1. The highest BCUT2D eigenvalue weighted by Gasteiger charge is 2.08. The van der Waals surface area contributed by atoms with Gasteiger partial charge in [-0.25, -0.2) is 0 Å². The first-order valence-corrected chi connectivity index (χ1v) is 6.40. The van der Waals surface area contributed by atoms with E-state index < -0.39 is 5.91 Å². The standard InChI is InChI=1S/C14H13BrN2O2/c1-8-2-4-12(10(15)6-8)19-13-5-3-9(14(17)18)7-11(13)16/h2-7H,16H2,1H3,(H2,17,18). The predicted molar refractivity (Wildman–Crippen MR) is 78.3 cm³/mol. The van der Waals surface area contributed by atoms with E-state index in [1.54, 1.807) is 12.1 Å². The molecule has 0 saturated carbocycles. The molecule has 2 aromatic carbocycles. The fourth-order valence-electron chi connectivity index (χ4n) is 1.60. The zero-order valence-electron chi connectivity index (χ0n) is 10.3. The van der Waals surface area contributed by atoms with Crippen molar-refractivity contribution in [2.24, 2.45) is 5.73 Å². The Balaban J connectivity index is 2.31. The second-order valence-corrected chi connectivity index (χ2v) is 5.01. The topological polar surface area (TPSA) is 78.3 Å². The van der Waals surface area contributed by atoms with Crippen molar-refractivity contribution in [3.63, 3.8) is 0 Å². The van der Waals surface area contributed by atoms with Crippen LogP contribution >= 0.6 is 15.9 Å². The summed E-state index contributed by atoms with van der Waals surface area (Å²) in [6.07, 6.45) is 0. The summed E-state index contributed by atoms with van der Waals surface area (Å²) in [4.78, 5) is 11.0. The molecular formula is C14H13BrN2O2. The van der Waals surface area contributed by atoms with Gasteiger partial charge in [0.25, 0.3) is 0 Å². The molecule has 0 saturated heterocycles. The molecule has 4 nitrogen and oxygen atoms in total. The van der Waals surface area contributed by atoms with E-state index in [-0.39, 0.29) is 0 Å². The van der Waals surface area contributed by atoms with E-state index in [1.165, 1.54) is 6.07 Å². The van der Waals surface area contributed by atoms with Gasteiger partial charge >= 0.3 is 0 Å². The van der Waals surface area contributed by atoms with Gasteiger partial charge in [-0.15, -0.1) is 0 Å². The van der Waals surface area contributed by atoms with Gasteiger partial charge in [-0.3, -0.25) is 4.79 Å². The van der Waals surface area contributed by atoms with Crippen LogP contribution in [0.5, 0.6) is 11.5 Å². The molecule has 0 aliphatic carbocycles. The number of carbonyl (C=O) groups excluding carboxylic acids is 1. The third kappa shape index (κ3) is 3.06. The van der Waals surface area contributed by atoms with Gasteiger partial charge in [0.1, 0.15) is 11.5 Å². The van der Waals surface area contributed by atoms with E-state index in [0.717, 1.165) is 10.0 Å². The van der Waals surface area contributed by atoms with Crippen LogP contribution in [-0.2, 0) is 0 Å². The maximum Gasteiger partial charge on any atom is 0.248 e. The van der Waals surface area contributed by atoms with Crippen LogP contribution in [0.3, 0.4) is 0 Å². The summed E-state index contributed by atoms with van der Waals surface area (Å²) in [5, 5.41) is 0. The smallest absolute Gasteiger partial charge is 0.248 e. The Labute approximate surface area is 119 Å². The first-order chi connectivity index (χ1) is 8.97. The van der Waals surface area contributed by atoms with Gasteiger partial charge in [-0.1, -0.05) is 6.07 Å². The molecule has 0 heterocycles. The summed E-state index contributed by atoms with van der Waals surface area (Å²) in [6, 6.07) is 10.4. The first kappa shape index (κ1) is 13.4. The van der Waals surface area contributed by atoms with Gasteiger partial charge in [-0.05, 0) is 58.7 Å². The number of benzene rings is 2. The average molecular weight is 321 g/mol. The molecule has 2 rings (SSSR count). The second kappa shape index (κ2) is 5.32. The molecule has 0 fully saturated rings. The van der Waals surface area contributed by atoms with Crippen LogP contribution in [0.4, 0.5) is 5.69 Å². The minimum Gasteiger partial charge on any atom is -0.454 e. The van der Waals surface area contributed by atoms with Crippen LogP contribution in [0, 0.1) is 6.92 Å². The Morgan fingerprint density at radius 1 is 1.16 bits per heavy atom.